The van der Waals surface area contributed by atoms with Gasteiger partial charge >= 0.3 is 0 Å². The predicted octanol–water partition coefficient (Wildman–Crippen LogP) is 1.05. The smallest absolute Gasteiger partial charge is 0.246 e. The summed E-state index contributed by atoms with van der Waals surface area (Å²) in [6, 6.07) is -0.105. The third-order valence-electron chi connectivity index (χ3n) is 1.36. The first-order valence-corrected chi connectivity index (χ1v) is 3.89. The Morgan fingerprint density at radius 3 is 2.25 bits per heavy atom. The molecule has 3 nitrogen and oxygen atoms in total. The van der Waals surface area contributed by atoms with E-state index in [0.717, 1.165) is 0 Å². The molecule has 0 radical (unpaired) electrons. The SMILES string of the molecule is C=C(C)C(=O)NC(C)CC(C)=O. The molecule has 0 aliphatic heterocycles. The van der Waals surface area contributed by atoms with Crippen molar-refractivity contribution in [3.63, 3.8) is 0 Å². The summed E-state index contributed by atoms with van der Waals surface area (Å²) in [5.41, 5.74) is 0.463. The lowest BCUT2D eigenvalue weighted by Crippen LogP contribution is -2.34. The van der Waals surface area contributed by atoms with Gasteiger partial charge in [-0.05, 0) is 20.8 Å². The Bertz CT molecular complexity index is 209. The zero-order chi connectivity index (χ0) is 9.72. The highest BCUT2D eigenvalue weighted by Crippen LogP contribution is 1.94. The van der Waals surface area contributed by atoms with Gasteiger partial charge < -0.3 is 5.32 Å². The van der Waals surface area contributed by atoms with E-state index in [-0.39, 0.29) is 17.7 Å². The van der Waals surface area contributed by atoms with E-state index in [1.165, 1.54) is 6.92 Å². The van der Waals surface area contributed by atoms with Gasteiger partial charge in [0.1, 0.15) is 5.78 Å². The van der Waals surface area contributed by atoms with Gasteiger partial charge in [-0.15, -0.1) is 0 Å². The average molecular weight is 169 g/mol. The minimum Gasteiger partial charge on any atom is -0.349 e. The van der Waals surface area contributed by atoms with Crippen LogP contribution in [0, 0.1) is 0 Å². The molecule has 0 fully saturated rings. The van der Waals surface area contributed by atoms with Crippen LogP contribution in [0.5, 0.6) is 0 Å². The fourth-order valence-corrected chi connectivity index (χ4v) is 0.829. The van der Waals surface area contributed by atoms with E-state index >= 15 is 0 Å². The molecular weight excluding hydrogens is 154 g/mol. The molecule has 0 rings (SSSR count). The summed E-state index contributed by atoms with van der Waals surface area (Å²) in [6.45, 7) is 8.42. The van der Waals surface area contributed by atoms with Crippen LogP contribution in [-0.4, -0.2) is 17.7 Å². The molecule has 0 bridgehead atoms. The van der Waals surface area contributed by atoms with Gasteiger partial charge in [-0.3, -0.25) is 9.59 Å². The van der Waals surface area contributed by atoms with Crippen molar-refractivity contribution in [2.24, 2.45) is 0 Å². The molecule has 3 heteroatoms. The van der Waals surface area contributed by atoms with Crippen LogP contribution in [0.15, 0.2) is 12.2 Å². The highest BCUT2D eigenvalue weighted by molar-refractivity contribution is 5.92. The molecule has 0 heterocycles. The lowest BCUT2D eigenvalue weighted by Gasteiger charge is -2.11. The number of carbonyl (C=O) groups excluding carboxylic acids is 2. The summed E-state index contributed by atoms with van der Waals surface area (Å²) in [7, 11) is 0. The van der Waals surface area contributed by atoms with Crippen LogP contribution in [0.4, 0.5) is 0 Å². The molecule has 1 atom stereocenters. The second-order valence-corrected chi connectivity index (χ2v) is 3.06. The Kier molecular flexibility index (Phi) is 4.26. The van der Waals surface area contributed by atoms with Crippen molar-refractivity contribution in [1.29, 1.82) is 0 Å². The third kappa shape index (κ3) is 4.66. The molecule has 0 saturated heterocycles. The minimum atomic E-state index is -0.191. The van der Waals surface area contributed by atoms with E-state index in [9.17, 15) is 9.59 Å². The number of hydrogen-bond donors (Lipinski definition) is 1. The highest BCUT2D eigenvalue weighted by atomic mass is 16.2. The number of rotatable bonds is 4. The largest absolute Gasteiger partial charge is 0.349 e. The van der Waals surface area contributed by atoms with Crippen molar-refractivity contribution >= 4 is 11.7 Å². The zero-order valence-corrected chi connectivity index (χ0v) is 7.81. The number of nitrogens with one attached hydrogen (secondary N) is 1. The van der Waals surface area contributed by atoms with E-state index in [1.807, 2.05) is 0 Å². The normalized spacial score (nSPS) is 11.9. The van der Waals surface area contributed by atoms with Gasteiger partial charge in [0.2, 0.25) is 5.91 Å². The standard InChI is InChI=1S/C9H15NO2/c1-6(2)9(12)10-7(3)5-8(4)11/h7H,1,5H2,2-4H3,(H,10,12). The maximum atomic E-state index is 11.0. The van der Waals surface area contributed by atoms with Crippen molar-refractivity contribution in [2.75, 3.05) is 0 Å². The minimum absolute atomic E-state index is 0.0736. The fourth-order valence-electron chi connectivity index (χ4n) is 0.829. The first kappa shape index (κ1) is 10.9. The number of ketones is 1. The molecule has 1 unspecified atom stereocenters. The molecule has 0 aromatic heterocycles. The van der Waals surface area contributed by atoms with Gasteiger partial charge in [0, 0.05) is 18.0 Å². The molecule has 0 saturated carbocycles. The maximum Gasteiger partial charge on any atom is 0.246 e. The molecule has 12 heavy (non-hydrogen) atoms. The summed E-state index contributed by atoms with van der Waals surface area (Å²) in [4.78, 5) is 21.6. The first-order chi connectivity index (χ1) is 5.43. The van der Waals surface area contributed by atoms with Gasteiger partial charge in [-0.1, -0.05) is 6.58 Å². The van der Waals surface area contributed by atoms with Gasteiger partial charge in [0.15, 0.2) is 0 Å². The molecule has 0 spiro atoms. The van der Waals surface area contributed by atoms with E-state index in [2.05, 4.69) is 11.9 Å². The van der Waals surface area contributed by atoms with Crippen molar-refractivity contribution in [2.45, 2.75) is 33.2 Å². The predicted molar refractivity (Wildman–Crippen MR) is 47.7 cm³/mol. The second kappa shape index (κ2) is 4.70. The van der Waals surface area contributed by atoms with Crippen molar-refractivity contribution in [1.82, 2.24) is 5.32 Å². The molecule has 0 aliphatic carbocycles. The van der Waals surface area contributed by atoms with Crippen LogP contribution in [-0.2, 0) is 9.59 Å². The summed E-state index contributed by atoms with van der Waals surface area (Å²) in [5.74, 6) is -0.117. The van der Waals surface area contributed by atoms with Crippen molar-refractivity contribution in [3.8, 4) is 0 Å². The molecule has 68 valence electrons. The van der Waals surface area contributed by atoms with Crippen LogP contribution in [0.1, 0.15) is 27.2 Å². The molecule has 1 amide bonds. The van der Waals surface area contributed by atoms with Gasteiger partial charge in [-0.2, -0.15) is 0 Å². The summed E-state index contributed by atoms with van der Waals surface area (Å²) in [6.07, 6.45) is 0.374. The van der Waals surface area contributed by atoms with Crippen LogP contribution in [0.2, 0.25) is 0 Å². The van der Waals surface area contributed by atoms with Crippen LogP contribution in [0.25, 0.3) is 0 Å². The average Bonchev–Trinajstić information content (AvgIpc) is 1.84. The first-order valence-electron chi connectivity index (χ1n) is 3.89. The number of Topliss-reactive ketones (excluding diaryl/α,β-unsaturated/α-hetero) is 1. The summed E-state index contributed by atoms with van der Waals surface area (Å²) >= 11 is 0. The van der Waals surface area contributed by atoms with Gasteiger partial charge in [0.25, 0.3) is 0 Å². The van der Waals surface area contributed by atoms with Crippen LogP contribution < -0.4 is 5.32 Å². The second-order valence-electron chi connectivity index (χ2n) is 3.06. The maximum absolute atomic E-state index is 11.0. The monoisotopic (exact) mass is 169 g/mol. The molecule has 1 N–H and O–H groups in total. The van der Waals surface area contributed by atoms with Crippen molar-refractivity contribution < 1.29 is 9.59 Å². The Morgan fingerprint density at radius 2 is 1.92 bits per heavy atom. The van der Waals surface area contributed by atoms with E-state index in [0.29, 0.717) is 12.0 Å². The summed E-state index contributed by atoms with van der Waals surface area (Å²) < 4.78 is 0. The number of carbonyl (C=O) groups is 2. The topological polar surface area (TPSA) is 46.2 Å². The fraction of sp³-hybridized carbons (Fsp3) is 0.556. The highest BCUT2D eigenvalue weighted by Gasteiger charge is 2.08. The van der Waals surface area contributed by atoms with Gasteiger partial charge in [0.05, 0.1) is 0 Å². The number of hydrogen-bond acceptors (Lipinski definition) is 2. The number of amides is 1. The molecular formula is C9H15NO2. The van der Waals surface area contributed by atoms with E-state index < -0.39 is 0 Å². The summed E-state index contributed by atoms with van der Waals surface area (Å²) in [5, 5.41) is 2.65. The van der Waals surface area contributed by atoms with E-state index in [4.69, 9.17) is 0 Å². The Balaban J connectivity index is 3.84. The van der Waals surface area contributed by atoms with Crippen LogP contribution in [0.3, 0.4) is 0 Å². The van der Waals surface area contributed by atoms with Crippen LogP contribution >= 0.6 is 0 Å². The van der Waals surface area contributed by atoms with Crippen molar-refractivity contribution in [3.05, 3.63) is 12.2 Å². The Hall–Kier alpha value is -1.12. The third-order valence-corrected chi connectivity index (χ3v) is 1.36. The van der Waals surface area contributed by atoms with E-state index in [1.54, 1.807) is 13.8 Å². The Morgan fingerprint density at radius 1 is 1.42 bits per heavy atom. The zero-order valence-electron chi connectivity index (χ0n) is 7.81. The molecule has 0 aromatic rings. The Labute approximate surface area is 72.8 Å². The molecule has 0 aromatic carbocycles. The quantitative estimate of drug-likeness (QED) is 0.639. The lowest BCUT2D eigenvalue weighted by molar-refractivity contribution is -0.119. The molecule has 0 aliphatic rings. The van der Waals surface area contributed by atoms with Gasteiger partial charge in [-0.25, -0.2) is 0 Å². The lowest BCUT2D eigenvalue weighted by atomic mass is 10.2.